The largest absolute Gasteiger partial charge is 0.480 e. The summed E-state index contributed by atoms with van der Waals surface area (Å²) in [6.07, 6.45) is -0.762. The van der Waals surface area contributed by atoms with E-state index in [1.165, 1.54) is 18.2 Å². The predicted molar refractivity (Wildman–Crippen MR) is 85.4 cm³/mol. The van der Waals surface area contributed by atoms with Crippen molar-refractivity contribution in [2.75, 3.05) is 12.1 Å². The maximum absolute atomic E-state index is 13.1. The molecule has 1 atom stereocenters. The van der Waals surface area contributed by atoms with Crippen molar-refractivity contribution in [3.63, 3.8) is 0 Å². The van der Waals surface area contributed by atoms with E-state index in [2.05, 4.69) is 21.2 Å². The fourth-order valence-electron chi connectivity index (χ4n) is 2.03. The number of benzene rings is 2. The van der Waals surface area contributed by atoms with E-state index in [0.29, 0.717) is 27.4 Å². The Hall–Kier alpha value is -2.28. The number of carbonyl (C=O) groups is 1. The average Bonchev–Trinajstić information content (AvgIpc) is 2.97. The van der Waals surface area contributed by atoms with Crippen LogP contribution < -0.4 is 19.5 Å². The van der Waals surface area contributed by atoms with E-state index in [1.54, 1.807) is 25.1 Å². The van der Waals surface area contributed by atoms with Crippen LogP contribution in [0.5, 0.6) is 17.2 Å². The molecule has 7 heteroatoms. The lowest BCUT2D eigenvalue weighted by atomic mass is 10.2. The van der Waals surface area contributed by atoms with E-state index in [9.17, 15) is 9.18 Å². The van der Waals surface area contributed by atoms with E-state index < -0.39 is 6.10 Å². The first-order chi connectivity index (χ1) is 11.0. The smallest absolute Gasteiger partial charge is 0.265 e. The van der Waals surface area contributed by atoms with E-state index >= 15 is 0 Å². The third-order valence-corrected chi connectivity index (χ3v) is 3.83. The summed E-state index contributed by atoms with van der Waals surface area (Å²) >= 11 is 3.20. The molecule has 0 radical (unpaired) electrons. The molecule has 0 saturated carbocycles. The summed E-state index contributed by atoms with van der Waals surface area (Å²) in [5, 5.41) is 2.73. The number of hydrogen-bond acceptors (Lipinski definition) is 4. The predicted octanol–water partition coefficient (Wildman–Crippen LogP) is 3.72. The van der Waals surface area contributed by atoms with Gasteiger partial charge >= 0.3 is 0 Å². The zero-order valence-electron chi connectivity index (χ0n) is 12.1. The molecule has 0 aromatic heterocycles. The number of carbonyl (C=O) groups excluding carboxylic acids is 1. The molecule has 5 nitrogen and oxygen atoms in total. The summed E-state index contributed by atoms with van der Waals surface area (Å²) < 4.78 is 29.5. The van der Waals surface area contributed by atoms with Gasteiger partial charge in [-0.2, -0.15) is 0 Å². The van der Waals surface area contributed by atoms with Crippen LogP contribution in [-0.4, -0.2) is 18.8 Å². The van der Waals surface area contributed by atoms with Crippen LogP contribution in [0.25, 0.3) is 0 Å². The number of anilines is 1. The first kappa shape index (κ1) is 15.6. The standard InChI is InChI=1S/C16H13BrFNO4/c1-9(23-13-4-2-10(18)6-12(13)17)16(20)19-11-3-5-14-15(7-11)22-8-21-14/h2-7,9H,8H2,1H3,(H,19,20)/t9-/m0/s1. The van der Waals surface area contributed by atoms with Gasteiger partial charge in [0.1, 0.15) is 11.6 Å². The average molecular weight is 382 g/mol. The van der Waals surface area contributed by atoms with Gasteiger partial charge in [0.2, 0.25) is 6.79 Å². The van der Waals surface area contributed by atoms with Crippen LogP contribution in [-0.2, 0) is 4.79 Å². The zero-order chi connectivity index (χ0) is 16.4. The van der Waals surface area contributed by atoms with Crippen LogP contribution in [0.4, 0.5) is 10.1 Å². The third-order valence-electron chi connectivity index (χ3n) is 3.21. The van der Waals surface area contributed by atoms with Gasteiger partial charge in [-0.1, -0.05) is 0 Å². The Morgan fingerprint density at radius 3 is 2.83 bits per heavy atom. The van der Waals surface area contributed by atoms with Crippen LogP contribution in [0.1, 0.15) is 6.92 Å². The molecule has 3 rings (SSSR count). The van der Waals surface area contributed by atoms with Gasteiger partial charge in [0, 0.05) is 11.8 Å². The molecule has 1 aliphatic rings. The van der Waals surface area contributed by atoms with Crippen molar-refractivity contribution in [1.29, 1.82) is 0 Å². The number of fused-ring (bicyclic) bond motifs is 1. The van der Waals surface area contributed by atoms with Crippen molar-refractivity contribution >= 4 is 27.5 Å². The van der Waals surface area contributed by atoms with E-state index in [0.717, 1.165) is 0 Å². The number of ether oxygens (including phenoxy) is 3. The Balaban J connectivity index is 1.65. The Labute approximate surface area is 140 Å². The van der Waals surface area contributed by atoms with Crippen molar-refractivity contribution in [3.05, 3.63) is 46.7 Å². The molecule has 23 heavy (non-hydrogen) atoms. The van der Waals surface area contributed by atoms with Crippen molar-refractivity contribution in [1.82, 2.24) is 0 Å². The topological polar surface area (TPSA) is 56.8 Å². The summed E-state index contributed by atoms with van der Waals surface area (Å²) in [5.74, 6) is 0.890. The van der Waals surface area contributed by atoms with Crippen molar-refractivity contribution < 1.29 is 23.4 Å². The molecular weight excluding hydrogens is 369 g/mol. The van der Waals surface area contributed by atoms with Gasteiger partial charge in [0.05, 0.1) is 4.47 Å². The van der Waals surface area contributed by atoms with Crippen LogP contribution in [0.3, 0.4) is 0 Å². The summed E-state index contributed by atoms with van der Waals surface area (Å²) in [6, 6.07) is 9.12. The summed E-state index contributed by atoms with van der Waals surface area (Å²) in [5.41, 5.74) is 0.577. The minimum absolute atomic E-state index is 0.171. The maximum atomic E-state index is 13.1. The minimum Gasteiger partial charge on any atom is -0.480 e. The van der Waals surface area contributed by atoms with Gasteiger partial charge in [-0.25, -0.2) is 4.39 Å². The molecule has 1 amide bonds. The second-order valence-electron chi connectivity index (χ2n) is 4.89. The molecule has 120 valence electrons. The normalized spacial score (nSPS) is 13.5. The Bertz CT molecular complexity index is 753. The highest BCUT2D eigenvalue weighted by molar-refractivity contribution is 9.10. The molecular formula is C16H13BrFNO4. The summed E-state index contributed by atoms with van der Waals surface area (Å²) in [6.45, 7) is 1.78. The Kier molecular flexibility index (Phi) is 4.38. The van der Waals surface area contributed by atoms with Crippen LogP contribution >= 0.6 is 15.9 Å². The second kappa shape index (κ2) is 6.45. The SMILES string of the molecule is C[C@H](Oc1ccc(F)cc1Br)C(=O)Nc1ccc2c(c1)OCO2. The number of rotatable bonds is 4. The van der Waals surface area contributed by atoms with Crippen LogP contribution in [0.2, 0.25) is 0 Å². The molecule has 2 aromatic carbocycles. The lowest BCUT2D eigenvalue weighted by molar-refractivity contribution is -0.122. The molecule has 0 unspecified atom stereocenters. The fraction of sp³-hybridized carbons (Fsp3) is 0.188. The van der Waals surface area contributed by atoms with E-state index in [-0.39, 0.29) is 18.5 Å². The Morgan fingerprint density at radius 1 is 1.26 bits per heavy atom. The quantitative estimate of drug-likeness (QED) is 0.876. The van der Waals surface area contributed by atoms with Gasteiger partial charge in [0.25, 0.3) is 5.91 Å². The summed E-state index contributed by atoms with van der Waals surface area (Å²) in [7, 11) is 0. The summed E-state index contributed by atoms with van der Waals surface area (Å²) in [4.78, 5) is 12.2. The van der Waals surface area contributed by atoms with E-state index in [4.69, 9.17) is 14.2 Å². The van der Waals surface area contributed by atoms with Crippen LogP contribution in [0, 0.1) is 5.82 Å². The fourth-order valence-corrected chi connectivity index (χ4v) is 2.48. The van der Waals surface area contributed by atoms with Gasteiger partial charge < -0.3 is 19.5 Å². The number of hydrogen-bond donors (Lipinski definition) is 1. The van der Waals surface area contributed by atoms with Crippen molar-refractivity contribution in [2.24, 2.45) is 0 Å². The first-order valence-corrected chi connectivity index (χ1v) is 7.64. The van der Waals surface area contributed by atoms with Gasteiger partial charge in [-0.15, -0.1) is 0 Å². The molecule has 1 heterocycles. The van der Waals surface area contributed by atoms with Gasteiger partial charge in [-0.3, -0.25) is 4.79 Å². The number of halogens is 2. The lowest BCUT2D eigenvalue weighted by Gasteiger charge is -2.16. The molecule has 1 aliphatic heterocycles. The molecule has 0 bridgehead atoms. The van der Waals surface area contributed by atoms with E-state index in [1.807, 2.05) is 0 Å². The zero-order valence-corrected chi connectivity index (χ0v) is 13.7. The molecule has 2 aromatic rings. The molecule has 0 saturated heterocycles. The molecule has 0 aliphatic carbocycles. The van der Waals surface area contributed by atoms with Gasteiger partial charge in [0.15, 0.2) is 17.6 Å². The monoisotopic (exact) mass is 381 g/mol. The highest BCUT2D eigenvalue weighted by atomic mass is 79.9. The maximum Gasteiger partial charge on any atom is 0.265 e. The number of nitrogens with one attached hydrogen (secondary N) is 1. The molecule has 0 spiro atoms. The minimum atomic E-state index is -0.762. The third kappa shape index (κ3) is 3.56. The van der Waals surface area contributed by atoms with Crippen molar-refractivity contribution in [3.8, 4) is 17.2 Å². The highest BCUT2D eigenvalue weighted by Crippen LogP contribution is 2.34. The second-order valence-corrected chi connectivity index (χ2v) is 5.75. The lowest BCUT2D eigenvalue weighted by Crippen LogP contribution is -2.30. The molecule has 0 fully saturated rings. The van der Waals surface area contributed by atoms with Crippen molar-refractivity contribution in [2.45, 2.75) is 13.0 Å². The first-order valence-electron chi connectivity index (χ1n) is 6.85. The van der Waals surface area contributed by atoms with Gasteiger partial charge in [-0.05, 0) is 53.2 Å². The highest BCUT2D eigenvalue weighted by Gasteiger charge is 2.18. The number of amides is 1. The van der Waals surface area contributed by atoms with Crippen LogP contribution in [0.15, 0.2) is 40.9 Å². The molecule has 1 N–H and O–H groups in total. The Morgan fingerprint density at radius 2 is 2.04 bits per heavy atom.